The summed E-state index contributed by atoms with van der Waals surface area (Å²) in [4.78, 5) is 12.3. The van der Waals surface area contributed by atoms with Crippen molar-refractivity contribution in [3.05, 3.63) is 0 Å². The van der Waals surface area contributed by atoms with E-state index in [9.17, 15) is 4.79 Å². The lowest BCUT2D eigenvalue weighted by Crippen LogP contribution is -2.43. The van der Waals surface area contributed by atoms with Crippen molar-refractivity contribution in [3.63, 3.8) is 0 Å². The summed E-state index contributed by atoms with van der Waals surface area (Å²) in [6.45, 7) is 12.2. The zero-order valence-corrected chi connectivity index (χ0v) is 13.2. The van der Waals surface area contributed by atoms with Crippen LogP contribution in [0, 0.1) is 0 Å². The van der Waals surface area contributed by atoms with Crippen molar-refractivity contribution >= 4 is 14.3 Å². The molecule has 18 heavy (non-hydrogen) atoms. The van der Waals surface area contributed by atoms with Gasteiger partial charge in [-0.3, -0.25) is 9.69 Å². The first-order chi connectivity index (χ1) is 8.10. The van der Waals surface area contributed by atoms with Gasteiger partial charge in [-0.1, -0.05) is 20.8 Å². The van der Waals surface area contributed by atoms with Crippen LogP contribution in [0.3, 0.4) is 0 Å². The Balaban J connectivity index is 4.17. The van der Waals surface area contributed by atoms with Crippen LogP contribution in [0.25, 0.3) is 0 Å². The fraction of sp³-hybridized carbons (Fsp3) is 0.917. The van der Waals surface area contributed by atoms with Gasteiger partial charge in [0.2, 0.25) is 0 Å². The molecule has 0 heterocycles. The first kappa shape index (κ1) is 17.6. The Kier molecular flexibility index (Phi) is 7.05. The highest BCUT2D eigenvalue weighted by molar-refractivity contribution is 6.74. The molecule has 0 bridgehead atoms. The molecule has 0 fully saturated rings. The minimum Gasteiger partial charge on any atom is -0.480 e. The highest BCUT2D eigenvalue weighted by atomic mass is 28.4. The Morgan fingerprint density at radius 1 is 1.28 bits per heavy atom. The van der Waals surface area contributed by atoms with E-state index >= 15 is 0 Å². The molecule has 108 valence electrons. The predicted molar refractivity (Wildman–Crippen MR) is 74.3 cm³/mol. The Morgan fingerprint density at radius 3 is 2.22 bits per heavy atom. The molecule has 0 aromatic carbocycles. The maximum absolute atomic E-state index is 10.6. The van der Waals surface area contributed by atoms with Gasteiger partial charge in [-0.15, -0.1) is 0 Å². The van der Waals surface area contributed by atoms with Gasteiger partial charge in [0.25, 0.3) is 0 Å². The van der Waals surface area contributed by atoms with Crippen molar-refractivity contribution in [3.8, 4) is 0 Å². The molecule has 0 aliphatic rings. The Hall–Kier alpha value is -0.433. The van der Waals surface area contributed by atoms with Crippen LogP contribution in [0.4, 0.5) is 0 Å². The molecular formula is C12H27NO4Si. The van der Waals surface area contributed by atoms with E-state index in [0.717, 1.165) is 0 Å². The van der Waals surface area contributed by atoms with E-state index in [-0.39, 0.29) is 18.2 Å². The summed E-state index contributed by atoms with van der Waals surface area (Å²) < 4.78 is 5.97. The lowest BCUT2D eigenvalue weighted by molar-refractivity contribution is -0.138. The molecule has 0 atom stereocenters. The van der Waals surface area contributed by atoms with Crippen molar-refractivity contribution < 1.29 is 19.4 Å². The molecule has 0 spiro atoms. The zero-order chi connectivity index (χ0) is 14.4. The number of aliphatic hydroxyl groups is 1. The van der Waals surface area contributed by atoms with Crippen LogP contribution in [0.2, 0.25) is 18.1 Å². The number of nitrogens with zero attached hydrogens (tertiary/aromatic N) is 1. The quantitative estimate of drug-likeness (QED) is 0.656. The average Bonchev–Trinajstić information content (AvgIpc) is 2.14. The van der Waals surface area contributed by atoms with Gasteiger partial charge >= 0.3 is 5.97 Å². The van der Waals surface area contributed by atoms with E-state index < -0.39 is 14.3 Å². The van der Waals surface area contributed by atoms with Crippen molar-refractivity contribution in [2.24, 2.45) is 0 Å². The molecule has 0 aromatic rings. The van der Waals surface area contributed by atoms with Crippen LogP contribution < -0.4 is 0 Å². The lowest BCUT2D eigenvalue weighted by Gasteiger charge is -2.36. The Labute approximate surface area is 111 Å². The maximum atomic E-state index is 10.6. The molecule has 0 saturated heterocycles. The SMILES string of the molecule is CC(C)(C)[Si](C)(C)OCCN(CCO)CC(=O)O. The standard InChI is InChI=1S/C12H27NO4Si/c1-12(2,3)18(4,5)17-9-7-13(6-8-14)10-11(15)16/h14H,6-10H2,1-5H3,(H,15,16). The second-order valence-electron chi connectivity index (χ2n) is 6.00. The molecule has 0 aromatic heterocycles. The number of hydrogen-bond donors (Lipinski definition) is 2. The molecule has 0 saturated carbocycles. The minimum absolute atomic E-state index is 0.0344. The highest BCUT2D eigenvalue weighted by Crippen LogP contribution is 2.36. The second-order valence-corrected chi connectivity index (χ2v) is 10.8. The lowest BCUT2D eigenvalue weighted by atomic mass is 10.2. The van der Waals surface area contributed by atoms with Crippen LogP contribution >= 0.6 is 0 Å². The van der Waals surface area contributed by atoms with Gasteiger partial charge in [-0.05, 0) is 18.1 Å². The minimum atomic E-state index is -1.77. The molecule has 6 heteroatoms. The molecule has 2 N–H and O–H groups in total. The fourth-order valence-corrected chi connectivity index (χ4v) is 2.28. The number of aliphatic carboxylic acids is 1. The largest absolute Gasteiger partial charge is 0.480 e. The summed E-state index contributed by atoms with van der Waals surface area (Å²) in [5.74, 6) is -0.879. The molecule has 0 aliphatic heterocycles. The Bertz CT molecular complexity index is 263. The number of carboxylic acid groups (broad SMARTS) is 1. The number of hydrogen-bond acceptors (Lipinski definition) is 4. The number of rotatable bonds is 8. The molecule has 5 nitrogen and oxygen atoms in total. The fourth-order valence-electron chi connectivity index (χ4n) is 1.25. The Morgan fingerprint density at radius 2 is 1.83 bits per heavy atom. The van der Waals surface area contributed by atoms with E-state index in [4.69, 9.17) is 14.6 Å². The van der Waals surface area contributed by atoms with Crippen LogP contribution in [-0.2, 0) is 9.22 Å². The van der Waals surface area contributed by atoms with Crippen LogP contribution in [-0.4, -0.2) is 62.2 Å². The summed E-state index contributed by atoms with van der Waals surface area (Å²) in [5.41, 5.74) is 0. The van der Waals surface area contributed by atoms with E-state index in [0.29, 0.717) is 19.7 Å². The van der Waals surface area contributed by atoms with Gasteiger partial charge < -0.3 is 14.6 Å². The monoisotopic (exact) mass is 277 g/mol. The molecule has 0 amide bonds. The highest BCUT2D eigenvalue weighted by Gasteiger charge is 2.36. The van der Waals surface area contributed by atoms with Gasteiger partial charge in [0, 0.05) is 19.7 Å². The van der Waals surface area contributed by atoms with Gasteiger partial charge in [-0.2, -0.15) is 0 Å². The topological polar surface area (TPSA) is 70.0 Å². The first-order valence-corrected chi connectivity index (χ1v) is 9.20. The molecular weight excluding hydrogens is 250 g/mol. The molecule has 0 unspecified atom stereocenters. The first-order valence-electron chi connectivity index (χ1n) is 6.29. The van der Waals surface area contributed by atoms with Crippen LogP contribution in [0.1, 0.15) is 20.8 Å². The zero-order valence-electron chi connectivity index (χ0n) is 12.2. The van der Waals surface area contributed by atoms with Gasteiger partial charge in [0.15, 0.2) is 8.32 Å². The summed E-state index contributed by atoms with van der Waals surface area (Å²) in [7, 11) is -1.77. The van der Waals surface area contributed by atoms with Crippen LogP contribution in [0.5, 0.6) is 0 Å². The van der Waals surface area contributed by atoms with E-state index in [2.05, 4.69) is 33.9 Å². The second kappa shape index (κ2) is 7.23. The van der Waals surface area contributed by atoms with E-state index in [1.54, 1.807) is 4.90 Å². The third-order valence-corrected chi connectivity index (χ3v) is 7.99. The average molecular weight is 277 g/mol. The van der Waals surface area contributed by atoms with Crippen molar-refractivity contribution in [1.29, 1.82) is 0 Å². The van der Waals surface area contributed by atoms with Crippen LogP contribution in [0.15, 0.2) is 0 Å². The molecule has 0 aliphatic carbocycles. The number of aliphatic hydroxyl groups excluding tert-OH is 1. The smallest absolute Gasteiger partial charge is 0.317 e. The van der Waals surface area contributed by atoms with E-state index in [1.165, 1.54) is 0 Å². The van der Waals surface area contributed by atoms with E-state index in [1.807, 2.05) is 0 Å². The summed E-state index contributed by atoms with van der Waals surface area (Å²) in [5, 5.41) is 17.8. The van der Waals surface area contributed by atoms with Crippen molar-refractivity contribution in [2.45, 2.75) is 38.9 Å². The number of carbonyl (C=O) groups is 1. The van der Waals surface area contributed by atoms with Gasteiger partial charge in [0.05, 0.1) is 13.2 Å². The summed E-state index contributed by atoms with van der Waals surface area (Å²) in [6.07, 6.45) is 0. The number of carboxylic acids is 1. The summed E-state index contributed by atoms with van der Waals surface area (Å²) >= 11 is 0. The van der Waals surface area contributed by atoms with Crippen molar-refractivity contribution in [2.75, 3.05) is 32.8 Å². The third-order valence-electron chi connectivity index (χ3n) is 3.45. The predicted octanol–water partition coefficient (Wildman–Crippen LogP) is 1.39. The maximum Gasteiger partial charge on any atom is 0.317 e. The summed E-state index contributed by atoms with van der Waals surface area (Å²) in [6, 6.07) is 0. The molecule has 0 rings (SSSR count). The van der Waals surface area contributed by atoms with Gasteiger partial charge in [-0.25, -0.2) is 0 Å². The normalized spacial score (nSPS) is 13.1. The van der Waals surface area contributed by atoms with Gasteiger partial charge in [0.1, 0.15) is 0 Å². The van der Waals surface area contributed by atoms with Crippen molar-refractivity contribution in [1.82, 2.24) is 4.90 Å². The third kappa shape index (κ3) is 6.49. The molecule has 0 radical (unpaired) electrons.